The summed E-state index contributed by atoms with van der Waals surface area (Å²) in [6, 6.07) is 7.71. The van der Waals surface area contributed by atoms with E-state index in [1.165, 1.54) is 18.1 Å². The van der Waals surface area contributed by atoms with Crippen LogP contribution in [0, 0.1) is 23.1 Å². The van der Waals surface area contributed by atoms with Crippen LogP contribution < -0.4 is 15.6 Å². The summed E-state index contributed by atoms with van der Waals surface area (Å²) >= 11 is 0. The lowest BCUT2D eigenvalue weighted by Crippen LogP contribution is -2.42. The molecule has 0 radical (unpaired) electrons. The normalized spacial score (nSPS) is 19.5. The number of amides is 3. The molecule has 1 atom stereocenters. The Bertz CT molecular complexity index is 1480. The Balaban J connectivity index is 1.50. The quantitative estimate of drug-likeness (QED) is 0.408. The number of fused-ring (bicyclic) bond motifs is 2. The Morgan fingerprint density at radius 3 is 2.70 bits per heavy atom. The summed E-state index contributed by atoms with van der Waals surface area (Å²) in [5.74, 6) is 3.93. The number of rotatable bonds is 3. The maximum atomic E-state index is 14.4. The standard InChI is InChI=1S/C23H17FN4O5/c1-33-14-3-2-13-10-28(21(31)15(13)8-14)11-23(9-18(29)25-22(23)32)5-4-12-6-16(24)19-17(7-12)26-27-20(19)30/h2-3,6-8H,9-11H2,1H3,(H,25,29,32)(H2,26,27,30)/t23-/m1/s1. The van der Waals surface area contributed by atoms with Crippen LogP contribution in [0.3, 0.4) is 0 Å². The van der Waals surface area contributed by atoms with Crippen LogP contribution >= 0.6 is 0 Å². The number of nitrogens with zero attached hydrogens (tertiary/aromatic N) is 1. The summed E-state index contributed by atoms with van der Waals surface area (Å²) in [5.41, 5.74) is -0.408. The topological polar surface area (TPSA) is 124 Å². The number of benzene rings is 2. The Morgan fingerprint density at radius 2 is 1.97 bits per heavy atom. The molecule has 0 bridgehead atoms. The van der Waals surface area contributed by atoms with Crippen LogP contribution in [0.2, 0.25) is 0 Å². The summed E-state index contributed by atoms with van der Waals surface area (Å²) in [5, 5.41) is 6.99. The van der Waals surface area contributed by atoms with Gasteiger partial charge in [-0.1, -0.05) is 17.9 Å². The molecule has 3 amide bonds. The highest BCUT2D eigenvalue weighted by Gasteiger charge is 2.48. The summed E-state index contributed by atoms with van der Waals surface area (Å²) in [4.78, 5) is 50.9. The van der Waals surface area contributed by atoms with Crippen molar-refractivity contribution in [1.29, 1.82) is 0 Å². The number of methoxy groups -OCH3 is 1. The molecule has 0 spiro atoms. The molecule has 0 saturated carbocycles. The number of hydrogen-bond acceptors (Lipinski definition) is 5. The second-order valence-corrected chi connectivity index (χ2v) is 8.03. The first-order valence-corrected chi connectivity index (χ1v) is 10.0. The SMILES string of the molecule is COc1ccc2c(c1)C(=O)N(C[C@@]1(C#Cc3cc(F)c4c(=O)[nH][nH]c4c3)CC(=O)NC1=O)C2. The van der Waals surface area contributed by atoms with Gasteiger partial charge in [0.25, 0.3) is 11.5 Å². The van der Waals surface area contributed by atoms with Crippen molar-refractivity contribution in [3.8, 4) is 17.6 Å². The molecule has 33 heavy (non-hydrogen) atoms. The van der Waals surface area contributed by atoms with E-state index in [2.05, 4.69) is 27.4 Å². The van der Waals surface area contributed by atoms with Gasteiger partial charge in [0.2, 0.25) is 11.8 Å². The van der Waals surface area contributed by atoms with E-state index in [1.54, 1.807) is 18.2 Å². The summed E-state index contributed by atoms with van der Waals surface area (Å²) in [7, 11) is 1.50. The highest BCUT2D eigenvalue weighted by Crippen LogP contribution is 2.33. The summed E-state index contributed by atoms with van der Waals surface area (Å²) in [6.45, 7) is 0.146. The van der Waals surface area contributed by atoms with Crippen LogP contribution in [0.4, 0.5) is 4.39 Å². The minimum Gasteiger partial charge on any atom is -0.497 e. The number of H-pyrrole nitrogens is 2. The minimum absolute atomic E-state index is 0.112. The highest BCUT2D eigenvalue weighted by molar-refractivity contribution is 6.08. The van der Waals surface area contributed by atoms with Crippen molar-refractivity contribution >= 4 is 28.6 Å². The number of aromatic nitrogens is 2. The molecule has 9 nitrogen and oxygen atoms in total. The zero-order chi connectivity index (χ0) is 23.3. The molecular formula is C23H17FN4O5. The predicted octanol–water partition coefficient (Wildman–Crippen LogP) is 1.04. The summed E-state index contributed by atoms with van der Waals surface area (Å²) < 4.78 is 19.5. The molecule has 5 rings (SSSR count). The van der Waals surface area contributed by atoms with E-state index in [4.69, 9.17) is 4.74 Å². The van der Waals surface area contributed by atoms with Crippen molar-refractivity contribution in [3.05, 3.63) is 63.2 Å². The van der Waals surface area contributed by atoms with E-state index in [0.717, 1.165) is 11.6 Å². The van der Waals surface area contributed by atoms with E-state index in [-0.39, 0.29) is 41.9 Å². The second kappa shape index (κ2) is 7.34. The van der Waals surface area contributed by atoms with E-state index >= 15 is 0 Å². The van der Waals surface area contributed by atoms with Crippen molar-refractivity contribution < 1.29 is 23.5 Å². The molecule has 0 aliphatic carbocycles. The molecule has 1 fully saturated rings. The van der Waals surface area contributed by atoms with Crippen LogP contribution in [0.15, 0.2) is 35.1 Å². The lowest BCUT2D eigenvalue weighted by molar-refractivity contribution is -0.127. The number of ether oxygens (including phenoxy) is 1. The molecule has 10 heteroatoms. The van der Waals surface area contributed by atoms with Gasteiger partial charge in [-0.25, -0.2) is 4.39 Å². The van der Waals surface area contributed by atoms with Gasteiger partial charge in [0, 0.05) is 24.2 Å². The first kappa shape index (κ1) is 20.5. The van der Waals surface area contributed by atoms with Gasteiger partial charge in [-0.3, -0.25) is 34.7 Å². The van der Waals surface area contributed by atoms with Crippen molar-refractivity contribution in [2.45, 2.75) is 13.0 Å². The third kappa shape index (κ3) is 3.34. The Morgan fingerprint density at radius 1 is 1.15 bits per heavy atom. The molecule has 1 aromatic heterocycles. The van der Waals surface area contributed by atoms with Gasteiger partial charge < -0.3 is 9.64 Å². The van der Waals surface area contributed by atoms with Crippen molar-refractivity contribution in [3.63, 3.8) is 0 Å². The fourth-order valence-corrected chi connectivity index (χ4v) is 4.22. The van der Waals surface area contributed by atoms with Gasteiger partial charge in [-0.2, -0.15) is 0 Å². The molecule has 2 aromatic carbocycles. The molecular weight excluding hydrogens is 431 g/mol. The zero-order valence-electron chi connectivity index (χ0n) is 17.4. The molecule has 3 aromatic rings. The fourth-order valence-electron chi connectivity index (χ4n) is 4.22. The lowest BCUT2D eigenvalue weighted by atomic mass is 9.85. The number of aromatic amines is 2. The summed E-state index contributed by atoms with van der Waals surface area (Å²) in [6.07, 6.45) is -0.228. The van der Waals surface area contributed by atoms with Crippen LogP contribution in [-0.2, 0) is 16.1 Å². The maximum Gasteiger partial charge on any atom is 0.274 e. The van der Waals surface area contributed by atoms with Gasteiger partial charge in [0.15, 0.2) is 0 Å². The van der Waals surface area contributed by atoms with Crippen LogP contribution in [0.1, 0.15) is 27.9 Å². The minimum atomic E-state index is -1.49. The highest BCUT2D eigenvalue weighted by atomic mass is 19.1. The third-order valence-electron chi connectivity index (χ3n) is 5.88. The average Bonchev–Trinajstić information content (AvgIpc) is 3.40. The number of nitrogens with one attached hydrogen (secondary N) is 3. The van der Waals surface area contributed by atoms with E-state index in [1.807, 2.05) is 0 Å². The lowest BCUT2D eigenvalue weighted by Gasteiger charge is -2.25. The molecule has 0 unspecified atom stereocenters. The van der Waals surface area contributed by atoms with E-state index < -0.39 is 28.6 Å². The fraction of sp³-hybridized carbons (Fsp3) is 0.217. The zero-order valence-corrected chi connectivity index (χ0v) is 17.4. The Hall–Kier alpha value is -4.39. The Kier molecular flexibility index (Phi) is 4.56. The smallest absolute Gasteiger partial charge is 0.274 e. The third-order valence-corrected chi connectivity index (χ3v) is 5.88. The number of carbonyl (C=O) groups is 3. The molecule has 3 N–H and O–H groups in total. The number of carbonyl (C=O) groups excluding carboxylic acids is 3. The first-order chi connectivity index (χ1) is 15.8. The number of halogens is 1. The second-order valence-electron chi connectivity index (χ2n) is 8.03. The van der Waals surface area contributed by atoms with Gasteiger partial charge in [-0.15, -0.1) is 0 Å². The van der Waals surface area contributed by atoms with E-state index in [9.17, 15) is 23.6 Å². The van der Waals surface area contributed by atoms with Gasteiger partial charge >= 0.3 is 0 Å². The average molecular weight is 448 g/mol. The van der Waals surface area contributed by atoms with Crippen LogP contribution in [0.5, 0.6) is 5.75 Å². The maximum absolute atomic E-state index is 14.4. The molecule has 166 valence electrons. The molecule has 2 aliphatic heterocycles. The number of imide groups is 1. The number of hydrogen-bond donors (Lipinski definition) is 3. The largest absolute Gasteiger partial charge is 0.497 e. The monoisotopic (exact) mass is 448 g/mol. The Labute approximate surface area is 185 Å². The first-order valence-electron chi connectivity index (χ1n) is 10.0. The van der Waals surface area contributed by atoms with Crippen LogP contribution in [0.25, 0.3) is 10.9 Å². The molecule has 2 aliphatic rings. The molecule has 3 heterocycles. The van der Waals surface area contributed by atoms with Crippen molar-refractivity contribution in [1.82, 2.24) is 20.4 Å². The van der Waals surface area contributed by atoms with Crippen molar-refractivity contribution in [2.24, 2.45) is 5.41 Å². The van der Waals surface area contributed by atoms with Crippen LogP contribution in [-0.4, -0.2) is 46.5 Å². The predicted molar refractivity (Wildman–Crippen MR) is 114 cm³/mol. The van der Waals surface area contributed by atoms with Gasteiger partial charge in [0.1, 0.15) is 22.4 Å². The van der Waals surface area contributed by atoms with Gasteiger partial charge in [0.05, 0.1) is 19.0 Å². The van der Waals surface area contributed by atoms with E-state index in [0.29, 0.717) is 11.3 Å². The van der Waals surface area contributed by atoms with Crippen molar-refractivity contribution in [2.75, 3.05) is 13.7 Å². The van der Waals surface area contributed by atoms with Gasteiger partial charge in [-0.05, 0) is 29.8 Å². The molecule has 1 saturated heterocycles.